The fraction of sp³-hybridized carbons (Fsp3) is 0.407. The van der Waals surface area contributed by atoms with Gasteiger partial charge in [0.2, 0.25) is 0 Å². The second-order valence-electron chi connectivity index (χ2n) is 9.56. The van der Waals surface area contributed by atoms with Crippen LogP contribution in [-0.4, -0.2) is 32.9 Å². The maximum Gasteiger partial charge on any atom is 0.416 e. The Morgan fingerprint density at radius 2 is 1.74 bits per heavy atom. The maximum absolute atomic E-state index is 12.9. The number of hydrogen-bond acceptors (Lipinski definition) is 4. The fourth-order valence-corrected chi connectivity index (χ4v) is 3.69. The van der Waals surface area contributed by atoms with Gasteiger partial charge in [0, 0.05) is 29.3 Å². The molecule has 0 unspecified atom stereocenters. The third-order valence-corrected chi connectivity index (χ3v) is 5.68. The predicted molar refractivity (Wildman–Crippen MR) is 129 cm³/mol. The summed E-state index contributed by atoms with van der Waals surface area (Å²) in [5.74, 6) is 0.577. The molecule has 2 aromatic carbocycles. The first kappa shape index (κ1) is 26.5. The lowest BCUT2D eigenvalue weighted by molar-refractivity contribution is -0.137. The molecule has 5 nitrogen and oxygen atoms in total. The van der Waals surface area contributed by atoms with Gasteiger partial charge in [0.25, 0.3) is 0 Å². The largest absolute Gasteiger partial charge is 0.485 e. The second-order valence-corrected chi connectivity index (χ2v) is 9.56. The molecule has 0 radical (unpaired) electrons. The summed E-state index contributed by atoms with van der Waals surface area (Å²) in [6.07, 6.45) is -3.69. The van der Waals surface area contributed by atoms with Crippen molar-refractivity contribution < 1.29 is 27.8 Å². The van der Waals surface area contributed by atoms with Gasteiger partial charge in [-0.2, -0.15) is 18.3 Å². The predicted octanol–water partition coefficient (Wildman–Crippen LogP) is 6.42. The first-order chi connectivity index (χ1) is 16.3. The van der Waals surface area contributed by atoms with Gasteiger partial charge in [-0.15, -0.1) is 0 Å². The molecule has 3 aromatic rings. The Morgan fingerprint density at radius 1 is 1.09 bits per heavy atom. The Bertz CT molecular complexity index is 1180. The molecule has 1 aromatic heterocycles. The molecular formula is C27H31F3N2O3. The lowest BCUT2D eigenvalue weighted by Gasteiger charge is -2.25. The molecule has 0 bridgehead atoms. The molecule has 188 valence electrons. The summed E-state index contributed by atoms with van der Waals surface area (Å²) >= 11 is 0. The number of benzene rings is 2. The molecule has 0 spiro atoms. The van der Waals surface area contributed by atoms with E-state index in [0.29, 0.717) is 29.0 Å². The molecule has 8 heteroatoms. The van der Waals surface area contributed by atoms with Crippen LogP contribution >= 0.6 is 0 Å². The van der Waals surface area contributed by atoms with Crippen LogP contribution in [0.15, 0.2) is 48.5 Å². The number of alkyl halides is 3. The molecule has 0 aliphatic rings. The van der Waals surface area contributed by atoms with E-state index in [0.717, 1.165) is 23.4 Å². The summed E-state index contributed by atoms with van der Waals surface area (Å²) in [4.78, 5) is 12.9. The number of aliphatic hydroxyl groups is 1. The van der Waals surface area contributed by atoms with Crippen molar-refractivity contribution in [2.24, 2.45) is 0 Å². The summed E-state index contributed by atoms with van der Waals surface area (Å²) < 4.78 is 46.3. The summed E-state index contributed by atoms with van der Waals surface area (Å²) in [5.41, 5.74) is 1.92. The Labute approximate surface area is 203 Å². The second kappa shape index (κ2) is 10.2. The van der Waals surface area contributed by atoms with Crippen LogP contribution in [0, 0.1) is 6.92 Å². The molecule has 0 saturated carbocycles. The number of aromatic nitrogens is 2. The van der Waals surface area contributed by atoms with E-state index in [-0.39, 0.29) is 24.9 Å². The Hall–Kier alpha value is -3.13. The standard InChI is InChI=1S/C27H31F3N2O3/c1-17(2)32-22(15-23(31-32)19-6-9-21(10-7-19)27(28,29)30)11-12-24(34)20-8-13-25(18(3)14-20)35-26(4,5)16-33/h6-10,13-15,17,33H,11-12,16H2,1-5H3. The molecule has 1 heterocycles. The van der Waals surface area contributed by atoms with Gasteiger partial charge in [0.05, 0.1) is 17.9 Å². The van der Waals surface area contributed by atoms with E-state index in [1.165, 1.54) is 12.1 Å². The van der Waals surface area contributed by atoms with E-state index in [1.54, 1.807) is 36.7 Å². The smallest absolute Gasteiger partial charge is 0.416 e. The van der Waals surface area contributed by atoms with Crippen molar-refractivity contribution in [1.82, 2.24) is 9.78 Å². The summed E-state index contributed by atoms with van der Waals surface area (Å²) in [7, 11) is 0. The topological polar surface area (TPSA) is 64.4 Å². The number of carbonyl (C=O) groups excluding carboxylic acids is 1. The zero-order chi connectivity index (χ0) is 26.0. The van der Waals surface area contributed by atoms with Gasteiger partial charge >= 0.3 is 6.18 Å². The third-order valence-electron chi connectivity index (χ3n) is 5.68. The number of Topliss-reactive ketones (excluding diaryl/α,β-unsaturated/α-hetero) is 1. The van der Waals surface area contributed by atoms with Crippen molar-refractivity contribution in [3.63, 3.8) is 0 Å². The van der Waals surface area contributed by atoms with Crippen molar-refractivity contribution in [3.05, 3.63) is 70.9 Å². The van der Waals surface area contributed by atoms with Crippen LogP contribution in [0.3, 0.4) is 0 Å². The van der Waals surface area contributed by atoms with Crippen LogP contribution in [0.25, 0.3) is 11.3 Å². The van der Waals surface area contributed by atoms with Crippen LogP contribution in [0.2, 0.25) is 0 Å². The van der Waals surface area contributed by atoms with E-state index >= 15 is 0 Å². The number of hydrogen-bond donors (Lipinski definition) is 1. The van der Waals surface area contributed by atoms with Crippen molar-refractivity contribution >= 4 is 5.78 Å². The number of ether oxygens (including phenoxy) is 1. The first-order valence-corrected chi connectivity index (χ1v) is 11.5. The van der Waals surface area contributed by atoms with E-state index in [1.807, 2.05) is 26.8 Å². The molecule has 0 saturated heterocycles. The van der Waals surface area contributed by atoms with Gasteiger partial charge in [0.1, 0.15) is 11.4 Å². The highest BCUT2D eigenvalue weighted by atomic mass is 19.4. The Morgan fingerprint density at radius 3 is 2.29 bits per heavy atom. The molecular weight excluding hydrogens is 457 g/mol. The molecule has 0 atom stereocenters. The van der Waals surface area contributed by atoms with Crippen LogP contribution in [0.1, 0.15) is 67.3 Å². The lowest BCUT2D eigenvalue weighted by atomic mass is 10.0. The SMILES string of the molecule is Cc1cc(C(=O)CCc2cc(-c3ccc(C(F)(F)F)cc3)nn2C(C)C)ccc1OC(C)(C)CO. The van der Waals surface area contributed by atoms with E-state index in [9.17, 15) is 23.1 Å². The number of halogens is 3. The zero-order valence-corrected chi connectivity index (χ0v) is 20.6. The number of aryl methyl sites for hydroxylation is 2. The maximum atomic E-state index is 12.9. The number of nitrogens with zero attached hydrogens (tertiary/aromatic N) is 2. The highest BCUT2D eigenvalue weighted by Crippen LogP contribution is 2.31. The third kappa shape index (κ3) is 6.51. The average Bonchev–Trinajstić information content (AvgIpc) is 3.23. The van der Waals surface area contributed by atoms with Gasteiger partial charge in [-0.05, 0) is 83.0 Å². The molecule has 35 heavy (non-hydrogen) atoms. The molecule has 0 fully saturated rings. The highest BCUT2D eigenvalue weighted by molar-refractivity contribution is 5.96. The van der Waals surface area contributed by atoms with E-state index < -0.39 is 17.3 Å². The van der Waals surface area contributed by atoms with Crippen molar-refractivity contribution in [1.29, 1.82) is 0 Å². The van der Waals surface area contributed by atoms with Crippen LogP contribution in [-0.2, 0) is 12.6 Å². The van der Waals surface area contributed by atoms with Crippen LogP contribution in [0.4, 0.5) is 13.2 Å². The van der Waals surface area contributed by atoms with Crippen LogP contribution in [0.5, 0.6) is 5.75 Å². The van der Waals surface area contributed by atoms with Gasteiger partial charge in [-0.1, -0.05) is 12.1 Å². The molecule has 0 aliphatic heterocycles. The minimum atomic E-state index is -4.39. The average molecular weight is 489 g/mol. The number of aliphatic hydroxyl groups excluding tert-OH is 1. The van der Waals surface area contributed by atoms with Crippen molar-refractivity contribution in [3.8, 4) is 17.0 Å². The minimum absolute atomic E-state index is 0.0249. The number of rotatable bonds is 9. The normalized spacial score (nSPS) is 12.3. The lowest BCUT2D eigenvalue weighted by Crippen LogP contribution is -2.32. The van der Waals surface area contributed by atoms with E-state index in [4.69, 9.17) is 4.74 Å². The van der Waals surface area contributed by atoms with Crippen molar-refractivity contribution in [2.75, 3.05) is 6.61 Å². The number of carbonyl (C=O) groups is 1. The highest BCUT2D eigenvalue weighted by Gasteiger charge is 2.30. The summed E-state index contributed by atoms with van der Waals surface area (Å²) in [5, 5.41) is 14.0. The molecule has 1 N–H and O–H groups in total. The molecule has 0 aliphatic carbocycles. The summed E-state index contributed by atoms with van der Waals surface area (Å²) in [6.45, 7) is 9.20. The minimum Gasteiger partial charge on any atom is -0.485 e. The van der Waals surface area contributed by atoms with Gasteiger partial charge in [0.15, 0.2) is 5.78 Å². The van der Waals surface area contributed by atoms with Gasteiger partial charge in [-0.3, -0.25) is 9.48 Å². The first-order valence-electron chi connectivity index (χ1n) is 11.5. The van der Waals surface area contributed by atoms with Gasteiger partial charge < -0.3 is 9.84 Å². The molecule has 3 rings (SSSR count). The molecule has 0 amide bonds. The zero-order valence-electron chi connectivity index (χ0n) is 20.6. The summed E-state index contributed by atoms with van der Waals surface area (Å²) in [6, 6.07) is 12.0. The van der Waals surface area contributed by atoms with Gasteiger partial charge in [-0.25, -0.2) is 0 Å². The van der Waals surface area contributed by atoms with E-state index in [2.05, 4.69) is 5.10 Å². The van der Waals surface area contributed by atoms with Crippen molar-refractivity contribution in [2.45, 2.75) is 65.3 Å². The Balaban J connectivity index is 1.75. The fourth-order valence-electron chi connectivity index (χ4n) is 3.69. The Kier molecular flexibility index (Phi) is 7.74. The number of ketones is 1. The van der Waals surface area contributed by atoms with Crippen LogP contribution < -0.4 is 4.74 Å². The monoisotopic (exact) mass is 488 g/mol. The quantitative estimate of drug-likeness (QED) is 0.353.